The molecular formula is C17H19FN2O. The Balaban J connectivity index is 1.91. The first-order chi connectivity index (χ1) is 9.91. The van der Waals surface area contributed by atoms with Crippen LogP contribution in [0, 0.1) is 11.2 Å². The van der Waals surface area contributed by atoms with Gasteiger partial charge in [-0.1, -0.05) is 38.1 Å². The van der Waals surface area contributed by atoms with Crippen molar-refractivity contribution < 1.29 is 9.18 Å². The van der Waals surface area contributed by atoms with Crippen LogP contribution in [-0.2, 0) is 0 Å². The largest absolute Gasteiger partial charge is 0.349 e. The molecule has 3 nitrogen and oxygen atoms in total. The first-order valence-corrected chi connectivity index (χ1v) is 7.15. The maximum absolute atomic E-state index is 13.8. The lowest BCUT2D eigenvalue weighted by atomic mass is 9.63. The summed E-state index contributed by atoms with van der Waals surface area (Å²) in [6, 6.07) is 10.1. The molecule has 3 rings (SSSR count). The molecule has 0 radical (unpaired) electrons. The minimum absolute atomic E-state index is 0.0591. The van der Waals surface area contributed by atoms with Crippen LogP contribution < -0.4 is 11.1 Å². The van der Waals surface area contributed by atoms with E-state index in [0.717, 1.165) is 6.42 Å². The van der Waals surface area contributed by atoms with Crippen molar-refractivity contribution in [2.45, 2.75) is 32.4 Å². The predicted molar refractivity (Wildman–Crippen MR) is 81.5 cm³/mol. The van der Waals surface area contributed by atoms with Crippen molar-refractivity contribution in [1.82, 2.24) is 5.32 Å². The topological polar surface area (TPSA) is 55.1 Å². The van der Waals surface area contributed by atoms with E-state index < -0.39 is 0 Å². The van der Waals surface area contributed by atoms with E-state index in [9.17, 15) is 9.18 Å². The van der Waals surface area contributed by atoms with Crippen LogP contribution >= 0.6 is 0 Å². The van der Waals surface area contributed by atoms with Gasteiger partial charge in [-0.2, -0.15) is 0 Å². The number of fused-ring (bicyclic) bond motifs is 1. The fourth-order valence-electron chi connectivity index (χ4n) is 2.90. The van der Waals surface area contributed by atoms with Gasteiger partial charge >= 0.3 is 0 Å². The number of rotatable bonds is 2. The van der Waals surface area contributed by atoms with Crippen molar-refractivity contribution in [3.63, 3.8) is 0 Å². The summed E-state index contributed by atoms with van der Waals surface area (Å²) >= 11 is 0. The molecule has 1 amide bonds. The highest BCUT2D eigenvalue weighted by atomic mass is 19.1. The second kappa shape index (κ2) is 4.81. The number of amides is 1. The number of hydrogen-bond donors (Lipinski definition) is 2. The highest BCUT2D eigenvalue weighted by Gasteiger charge is 2.46. The van der Waals surface area contributed by atoms with Crippen molar-refractivity contribution in [3.05, 3.63) is 47.8 Å². The molecule has 0 saturated heterocycles. The van der Waals surface area contributed by atoms with Gasteiger partial charge in [-0.3, -0.25) is 4.79 Å². The number of nitrogens with two attached hydrogens (primary N) is 1. The van der Waals surface area contributed by atoms with Gasteiger partial charge in [0.15, 0.2) is 0 Å². The standard InChI is InChI=1S/C17H19FN2O/c1-17(2)14(19)9-15(17)20-16(21)12-7-8-13(18)11-6-4-3-5-10(11)12/h3-8,14-15H,9,19H2,1-2H3,(H,20,21). The van der Waals surface area contributed by atoms with Gasteiger partial charge < -0.3 is 11.1 Å². The van der Waals surface area contributed by atoms with Crippen LogP contribution in [0.2, 0.25) is 0 Å². The molecule has 110 valence electrons. The van der Waals surface area contributed by atoms with Gasteiger partial charge in [0.2, 0.25) is 0 Å². The summed E-state index contributed by atoms with van der Waals surface area (Å²) in [4.78, 5) is 12.5. The Bertz CT molecular complexity index is 711. The predicted octanol–water partition coefficient (Wildman–Crippen LogP) is 2.83. The number of nitrogens with one attached hydrogen (secondary N) is 1. The maximum Gasteiger partial charge on any atom is 0.252 e. The molecule has 21 heavy (non-hydrogen) atoms. The van der Waals surface area contributed by atoms with E-state index in [1.54, 1.807) is 24.3 Å². The Morgan fingerprint density at radius 1 is 1.24 bits per heavy atom. The van der Waals surface area contributed by atoms with E-state index in [4.69, 9.17) is 5.73 Å². The van der Waals surface area contributed by atoms with Crippen molar-refractivity contribution in [1.29, 1.82) is 0 Å². The third-order valence-electron chi connectivity index (χ3n) is 4.76. The summed E-state index contributed by atoms with van der Waals surface area (Å²) in [6.07, 6.45) is 0.776. The van der Waals surface area contributed by atoms with Gasteiger partial charge in [-0.15, -0.1) is 0 Å². The van der Waals surface area contributed by atoms with Crippen molar-refractivity contribution >= 4 is 16.7 Å². The highest BCUT2D eigenvalue weighted by molar-refractivity contribution is 6.07. The van der Waals surface area contributed by atoms with Crippen molar-refractivity contribution in [2.24, 2.45) is 11.1 Å². The quantitative estimate of drug-likeness (QED) is 0.892. The van der Waals surface area contributed by atoms with Gasteiger partial charge in [0, 0.05) is 28.4 Å². The van der Waals surface area contributed by atoms with Crippen LogP contribution in [0.1, 0.15) is 30.6 Å². The molecule has 4 heteroatoms. The maximum atomic E-state index is 13.8. The Labute approximate surface area is 123 Å². The van der Waals surface area contributed by atoms with Gasteiger partial charge in [0.25, 0.3) is 5.91 Å². The molecule has 2 aromatic rings. The van der Waals surface area contributed by atoms with E-state index in [1.165, 1.54) is 6.07 Å². The van der Waals surface area contributed by atoms with Crippen LogP contribution in [0.15, 0.2) is 36.4 Å². The smallest absolute Gasteiger partial charge is 0.252 e. The fraction of sp³-hybridized carbons (Fsp3) is 0.353. The van der Waals surface area contributed by atoms with E-state index in [0.29, 0.717) is 16.3 Å². The molecule has 1 aliphatic carbocycles. The third kappa shape index (κ3) is 2.20. The summed E-state index contributed by atoms with van der Waals surface area (Å²) in [7, 11) is 0. The van der Waals surface area contributed by atoms with E-state index in [1.807, 2.05) is 6.07 Å². The highest BCUT2D eigenvalue weighted by Crippen LogP contribution is 2.39. The van der Waals surface area contributed by atoms with Crippen molar-refractivity contribution in [3.8, 4) is 0 Å². The van der Waals surface area contributed by atoms with Crippen LogP contribution in [0.25, 0.3) is 10.8 Å². The monoisotopic (exact) mass is 286 g/mol. The molecule has 2 atom stereocenters. The molecule has 1 fully saturated rings. The van der Waals surface area contributed by atoms with Crippen LogP contribution in [0.4, 0.5) is 4.39 Å². The van der Waals surface area contributed by atoms with Gasteiger partial charge in [-0.05, 0) is 23.9 Å². The summed E-state index contributed by atoms with van der Waals surface area (Å²) in [5.41, 5.74) is 6.37. The summed E-state index contributed by atoms with van der Waals surface area (Å²) < 4.78 is 13.8. The van der Waals surface area contributed by atoms with Crippen LogP contribution in [0.5, 0.6) is 0 Å². The minimum Gasteiger partial charge on any atom is -0.349 e. The Kier molecular flexibility index (Phi) is 3.21. The third-order valence-corrected chi connectivity index (χ3v) is 4.76. The molecule has 2 unspecified atom stereocenters. The lowest BCUT2D eigenvalue weighted by molar-refractivity contribution is 0.0588. The SMILES string of the molecule is CC1(C)C(N)CC1NC(=O)c1ccc(F)c2ccccc12. The molecule has 3 N–H and O–H groups in total. The Morgan fingerprint density at radius 2 is 1.90 bits per heavy atom. The molecule has 0 aliphatic heterocycles. The van der Waals surface area contributed by atoms with Gasteiger partial charge in [0.1, 0.15) is 5.82 Å². The lowest BCUT2D eigenvalue weighted by Gasteiger charge is -2.50. The first kappa shape index (κ1) is 14.0. The minimum atomic E-state index is -0.312. The number of carbonyl (C=O) groups excluding carboxylic acids is 1. The molecule has 0 spiro atoms. The molecule has 0 heterocycles. The average molecular weight is 286 g/mol. The van der Waals surface area contributed by atoms with Gasteiger partial charge in [-0.25, -0.2) is 4.39 Å². The second-order valence-corrected chi connectivity index (χ2v) is 6.33. The Morgan fingerprint density at radius 3 is 2.52 bits per heavy atom. The fourth-order valence-corrected chi connectivity index (χ4v) is 2.90. The average Bonchev–Trinajstić information content (AvgIpc) is 2.47. The van der Waals surface area contributed by atoms with Crippen molar-refractivity contribution in [2.75, 3.05) is 0 Å². The molecular weight excluding hydrogens is 267 g/mol. The second-order valence-electron chi connectivity index (χ2n) is 6.33. The molecule has 1 saturated carbocycles. The normalized spacial score (nSPS) is 23.6. The number of carbonyl (C=O) groups is 1. The zero-order valence-electron chi connectivity index (χ0n) is 12.2. The Hall–Kier alpha value is -1.94. The van der Waals surface area contributed by atoms with E-state index in [-0.39, 0.29) is 29.2 Å². The molecule has 0 aromatic heterocycles. The van der Waals surface area contributed by atoms with E-state index >= 15 is 0 Å². The lowest BCUT2D eigenvalue weighted by Crippen LogP contribution is -2.64. The summed E-state index contributed by atoms with van der Waals surface area (Å²) in [6.45, 7) is 4.10. The number of halogens is 1. The zero-order valence-corrected chi connectivity index (χ0v) is 12.2. The number of benzene rings is 2. The van der Waals surface area contributed by atoms with Crippen LogP contribution in [-0.4, -0.2) is 18.0 Å². The summed E-state index contributed by atoms with van der Waals surface area (Å²) in [5, 5.41) is 4.13. The zero-order chi connectivity index (χ0) is 15.2. The first-order valence-electron chi connectivity index (χ1n) is 7.15. The molecule has 0 bridgehead atoms. The molecule has 1 aliphatic rings. The van der Waals surface area contributed by atoms with E-state index in [2.05, 4.69) is 19.2 Å². The van der Waals surface area contributed by atoms with Gasteiger partial charge in [0.05, 0.1) is 0 Å². The molecule has 2 aromatic carbocycles. The summed E-state index contributed by atoms with van der Waals surface area (Å²) in [5.74, 6) is -0.482. The number of hydrogen-bond acceptors (Lipinski definition) is 2. The van der Waals surface area contributed by atoms with Crippen LogP contribution in [0.3, 0.4) is 0 Å².